The maximum absolute atomic E-state index is 13.8. The van der Waals surface area contributed by atoms with Crippen molar-refractivity contribution in [2.24, 2.45) is 0 Å². The van der Waals surface area contributed by atoms with Crippen LogP contribution in [-0.2, 0) is 9.59 Å². The van der Waals surface area contributed by atoms with E-state index in [2.05, 4.69) is 5.32 Å². The number of halogens is 2. The molecular formula is C16H14ClFN2O2. The Morgan fingerprint density at radius 3 is 2.36 bits per heavy atom. The van der Waals surface area contributed by atoms with E-state index < -0.39 is 17.6 Å². The van der Waals surface area contributed by atoms with E-state index in [-0.39, 0.29) is 12.2 Å². The van der Waals surface area contributed by atoms with Crippen LogP contribution in [0.25, 0.3) is 0 Å². The minimum Gasteiger partial charge on any atom is -0.325 e. The van der Waals surface area contributed by atoms with Crippen LogP contribution in [0.5, 0.6) is 0 Å². The fourth-order valence-electron chi connectivity index (χ4n) is 1.91. The van der Waals surface area contributed by atoms with Gasteiger partial charge in [0.25, 0.3) is 0 Å². The zero-order valence-electron chi connectivity index (χ0n) is 11.8. The van der Waals surface area contributed by atoms with Crippen molar-refractivity contribution < 1.29 is 14.0 Å². The van der Waals surface area contributed by atoms with Crippen molar-refractivity contribution in [2.75, 3.05) is 16.8 Å². The molecule has 4 nitrogen and oxygen atoms in total. The van der Waals surface area contributed by atoms with Gasteiger partial charge in [-0.15, -0.1) is 0 Å². The molecule has 0 aliphatic carbocycles. The summed E-state index contributed by atoms with van der Waals surface area (Å²) >= 11 is 5.76. The highest BCUT2D eigenvalue weighted by molar-refractivity contribution is 6.30. The van der Waals surface area contributed by atoms with Crippen LogP contribution in [0.3, 0.4) is 0 Å². The number of hydrogen-bond acceptors (Lipinski definition) is 2. The molecule has 0 saturated carbocycles. The predicted molar refractivity (Wildman–Crippen MR) is 84.5 cm³/mol. The van der Waals surface area contributed by atoms with E-state index in [1.54, 1.807) is 30.3 Å². The van der Waals surface area contributed by atoms with Crippen LogP contribution in [0.2, 0.25) is 5.02 Å². The third kappa shape index (κ3) is 4.05. The lowest BCUT2D eigenvalue weighted by Gasteiger charge is -2.21. The smallest absolute Gasteiger partial charge is 0.244 e. The first kappa shape index (κ1) is 16.0. The molecule has 2 amide bonds. The number of rotatable bonds is 4. The molecule has 0 heterocycles. The summed E-state index contributed by atoms with van der Waals surface area (Å²) in [5.41, 5.74) is 0.618. The lowest BCUT2D eigenvalue weighted by Crippen LogP contribution is -2.37. The number of amides is 2. The Labute approximate surface area is 132 Å². The molecule has 2 aromatic carbocycles. The van der Waals surface area contributed by atoms with Crippen molar-refractivity contribution in [3.05, 3.63) is 59.4 Å². The largest absolute Gasteiger partial charge is 0.325 e. The van der Waals surface area contributed by atoms with Crippen molar-refractivity contribution in [1.29, 1.82) is 0 Å². The summed E-state index contributed by atoms with van der Waals surface area (Å²) in [7, 11) is 0. The van der Waals surface area contributed by atoms with Crippen molar-refractivity contribution in [3.63, 3.8) is 0 Å². The van der Waals surface area contributed by atoms with E-state index in [1.807, 2.05) is 0 Å². The van der Waals surface area contributed by atoms with E-state index in [1.165, 1.54) is 25.1 Å². The highest BCUT2D eigenvalue weighted by atomic mass is 35.5. The molecule has 0 saturated heterocycles. The normalized spacial score (nSPS) is 10.1. The first-order chi connectivity index (χ1) is 10.5. The number of nitrogens with zero attached hydrogens (tertiary/aromatic N) is 1. The standard InChI is InChI=1S/C16H14ClFN2O2/c1-11(21)20(15-5-3-2-4-14(15)18)10-16(22)19-13-8-6-12(17)7-9-13/h2-9H,10H2,1H3,(H,19,22). The van der Waals surface area contributed by atoms with Gasteiger partial charge in [0.15, 0.2) is 0 Å². The molecule has 0 aliphatic heterocycles. The molecule has 22 heavy (non-hydrogen) atoms. The SMILES string of the molecule is CC(=O)N(CC(=O)Nc1ccc(Cl)cc1)c1ccccc1F. The van der Waals surface area contributed by atoms with Crippen LogP contribution in [0.4, 0.5) is 15.8 Å². The fraction of sp³-hybridized carbons (Fsp3) is 0.125. The average molecular weight is 321 g/mol. The summed E-state index contributed by atoms with van der Waals surface area (Å²) in [6.45, 7) is 1.00. The summed E-state index contributed by atoms with van der Waals surface area (Å²) in [5, 5.41) is 3.18. The molecule has 2 aromatic rings. The van der Waals surface area contributed by atoms with Gasteiger partial charge < -0.3 is 10.2 Å². The summed E-state index contributed by atoms with van der Waals surface area (Å²) in [6.07, 6.45) is 0. The third-order valence-electron chi connectivity index (χ3n) is 2.95. The minimum absolute atomic E-state index is 0.0706. The molecule has 0 unspecified atom stereocenters. The van der Waals surface area contributed by atoms with Crippen molar-refractivity contribution >= 4 is 34.8 Å². The van der Waals surface area contributed by atoms with Crippen LogP contribution in [0.1, 0.15) is 6.92 Å². The van der Waals surface area contributed by atoms with E-state index in [0.717, 1.165) is 4.90 Å². The van der Waals surface area contributed by atoms with Crippen molar-refractivity contribution in [2.45, 2.75) is 6.92 Å². The Kier molecular flexibility index (Phi) is 5.12. The number of anilines is 2. The van der Waals surface area contributed by atoms with Crippen LogP contribution in [-0.4, -0.2) is 18.4 Å². The second-order valence-corrected chi connectivity index (χ2v) is 5.05. The highest BCUT2D eigenvalue weighted by Crippen LogP contribution is 2.19. The van der Waals surface area contributed by atoms with E-state index >= 15 is 0 Å². The molecule has 0 fully saturated rings. The number of para-hydroxylation sites is 1. The fourth-order valence-corrected chi connectivity index (χ4v) is 2.04. The molecule has 2 rings (SSSR count). The first-order valence-electron chi connectivity index (χ1n) is 6.55. The number of carbonyl (C=O) groups is 2. The van der Waals surface area contributed by atoms with Gasteiger partial charge in [0.1, 0.15) is 12.4 Å². The van der Waals surface area contributed by atoms with Crippen LogP contribution in [0.15, 0.2) is 48.5 Å². The second kappa shape index (κ2) is 7.04. The summed E-state index contributed by atoms with van der Waals surface area (Å²) in [4.78, 5) is 24.8. The zero-order chi connectivity index (χ0) is 16.1. The third-order valence-corrected chi connectivity index (χ3v) is 3.21. The van der Waals surface area contributed by atoms with Gasteiger partial charge in [-0.2, -0.15) is 0 Å². The summed E-state index contributed by atoms with van der Waals surface area (Å²) < 4.78 is 13.8. The highest BCUT2D eigenvalue weighted by Gasteiger charge is 2.18. The van der Waals surface area contributed by atoms with Crippen molar-refractivity contribution in [3.8, 4) is 0 Å². The topological polar surface area (TPSA) is 49.4 Å². The summed E-state index contributed by atoms with van der Waals surface area (Å²) in [6, 6.07) is 12.4. The van der Waals surface area contributed by atoms with Gasteiger partial charge in [-0.1, -0.05) is 23.7 Å². The minimum atomic E-state index is -0.558. The Morgan fingerprint density at radius 1 is 1.14 bits per heavy atom. The number of nitrogens with one attached hydrogen (secondary N) is 1. The van der Waals surface area contributed by atoms with E-state index in [9.17, 15) is 14.0 Å². The average Bonchev–Trinajstić information content (AvgIpc) is 2.48. The molecule has 1 N–H and O–H groups in total. The van der Waals surface area contributed by atoms with Gasteiger partial charge in [0.05, 0.1) is 5.69 Å². The molecular weight excluding hydrogens is 307 g/mol. The zero-order valence-corrected chi connectivity index (χ0v) is 12.6. The molecule has 0 bridgehead atoms. The Morgan fingerprint density at radius 2 is 1.77 bits per heavy atom. The van der Waals surface area contributed by atoms with Crippen LogP contribution < -0.4 is 10.2 Å². The van der Waals surface area contributed by atoms with Gasteiger partial charge in [0, 0.05) is 17.6 Å². The van der Waals surface area contributed by atoms with Crippen molar-refractivity contribution in [1.82, 2.24) is 0 Å². The predicted octanol–water partition coefficient (Wildman–Crippen LogP) is 3.47. The maximum atomic E-state index is 13.8. The first-order valence-corrected chi connectivity index (χ1v) is 6.93. The molecule has 0 aliphatic rings. The lowest BCUT2D eigenvalue weighted by atomic mass is 10.2. The Hall–Kier alpha value is -2.40. The van der Waals surface area contributed by atoms with Gasteiger partial charge in [-0.3, -0.25) is 9.59 Å². The lowest BCUT2D eigenvalue weighted by molar-refractivity contribution is -0.120. The van der Waals surface area contributed by atoms with Crippen LogP contribution >= 0.6 is 11.6 Å². The van der Waals surface area contributed by atoms with Gasteiger partial charge >= 0.3 is 0 Å². The van der Waals surface area contributed by atoms with Gasteiger partial charge in [-0.05, 0) is 36.4 Å². The molecule has 0 spiro atoms. The molecule has 0 radical (unpaired) electrons. The Bertz CT molecular complexity index is 689. The molecule has 6 heteroatoms. The van der Waals surface area contributed by atoms with E-state index in [0.29, 0.717) is 10.7 Å². The molecule has 114 valence electrons. The van der Waals surface area contributed by atoms with Gasteiger partial charge in [-0.25, -0.2) is 4.39 Å². The number of benzene rings is 2. The summed E-state index contributed by atoms with van der Waals surface area (Å²) in [5.74, 6) is -1.41. The Balaban J connectivity index is 2.11. The quantitative estimate of drug-likeness (QED) is 0.937. The molecule has 0 atom stereocenters. The second-order valence-electron chi connectivity index (χ2n) is 4.61. The van der Waals surface area contributed by atoms with Gasteiger partial charge in [0.2, 0.25) is 11.8 Å². The number of carbonyl (C=O) groups excluding carboxylic acids is 2. The molecule has 0 aromatic heterocycles. The monoisotopic (exact) mass is 320 g/mol. The van der Waals surface area contributed by atoms with Crippen LogP contribution in [0, 0.1) is 5.82 Å². The maximum Gasteiger partial charge on any atom is 0.244 e. The number of hydrogen-bond donors (Lipinski definition) is 1. The van der Waals surface area contributed by atoms with E-state index in [4.69, 9.17) is 11.6 Å².